The third-order valence-electron chi connectivity index (χ3n) is 2.28. The molecule has 2 aromatic rings. The van der Waals surface area contributed by atoms with E-state index >= 15 is 0 Å². The van der Waals surface area contributed by atoms with E-state index in [-0.39, 0.29) is 11.6 Å². The molecule has 0 spiro atoms. The number of H-pyrrole nitrogens is 1. The lowest BCUT2D eigenvalue weighted by molar-refractivity contribution is 0.103. The number of aromatic amines is 1. The van der Waals surface area contributed by atoms with Gasteiger partial charge in [0, 0.05) is 11.8 Å². The number of hydrogen-bond acceptors (Lipinski definition) is 1. The van der Waals surface area contributed by atoms with Crippen LogP contribution in [0.1, 0.15) is 21.6 Å². The number of benzene rings is 1. The molecule has 3 heteroatoms. The van der Waals surface area contributed by atoms with Gasteiger partial charge in [-0.15, -0.1) is 0 Å². The lowest BCUT2D eigenvalue weighted by Gasteiger charge is -2.00. The molecule has 0 unspecified atom stereocenters. The molecule has 2 nitrogen and oxygen atoms in total. The van der Waals surface area contributed by atoms with Crippen LogP contribution in [0.3, 0.4) is 0 Å². The molecule has 0 aliphatic heterocycles. The number of hydrogen-bond donors (Lipinski definition) is 1. The van der Waals surface area contributed by atoms with Gasteiger partial charge in [-0.25, -0.2) is 4.39 Å². The first kappa shape index (κ1) is 9.65. The van der Waals surface area contributed by atoms with Gasteiger partial charge in [0.25, 0.3) is 0 Å². The van der Waals surface area contributed by atoms with Crippen LogP contribution in [-0.4, -0.2) is 10.8 Å². The van der Waals surface area contributed by atoms with Crippen LogP contribution in [0.4, 0.5) is 4.39 Å². The molecule has 0 aliphatic carbocycles. The molecule has 0 radical (unpaired) electrons. The lowest BCUT2D eigenvalue weighted by Crippen LogP contribution is -2.02. The molecular weight excluding hydrogens is 193 g/mol. The highest BCUT2D eigenvalue weighted by molar-refractivity contribution is 6.07. The van der Waals surface area contributed by atoms with E-state index < -0.39 is 0 Å². The maximum Gasteiger partial charge on any atom is 0.209 e. The van der Waals surface area contributed by atoms with Crippen molar-refractivity contribution >= 4 is 5.78 Å². The quantitative estimate of drug-likeness (QED) is 0.748. The highest BCUT2D eigenvalue weighted by Crippen LogP contribution is 2.12. The Morgan fingerprint density at radius 3 is 2.73 bits per heavy atom. The average Bonchev–Trinajstić information content (AvgIpc) is 2.74. The van der Waals surface area contributed by atoms with Gasteiger partial charge in [-0.2, -0.15) is 0 Å². The number of halogens is 1. The second-order valence-corrected chi connectivity index (χ2v) is 3.38. The minimum atomic E-state index is -0.354. The van der Waals surface area contributed by atoms with E-state index in [2.05, 4.69) is 4.98 Å². The van der Waals surface area contributed by atoms with Gasteiger partial charge < -0.3 is 4.98 Å². The van der Waals surface area contributed by atoms with Crippen LogP contribution in [0.5, 0.6) is 0 Å². The number of carbonyl (C=O) groups excluding carboxylic acids is 1. The second kappa shape index (κ2) is 3.69. The van der Waals surface area contributed by atoms with Crippen molar-refractivity contribution in [3.05, 3.63) is 59.2 Å². The predicted molar refractivity (Wildman–Crippen MR) is 55.4 cm³/mol. The summed E-state index contributed by atoms with van der Waals surface area (Å²) in [4.78, 5) is 14.6. The van der Waals surface area contributed by atoms with E-state index in [1.54, 1.807) is 37.4 Å². The number of nitrogens with one attached hydrogen (secondary N) is 1. The Bertz CT molecular complexity index is 488. The number of ketones is 1. The van der Waals surface area contributed by atoms with Crippen LogP contribution in [0, 0.1) is 12.7 Å². The van der Waals surface area contributed by atoms with E-state index in [4.69, 9.17) is 0 Å². The maximum atomic E-state index is 13.2. The molecule has 0 saturated carbocycles. The summed E-state index contributed by atoms with van der Waals surface area (Å²) in [5.74, 6) is -0.550. The van der Waals surface area contributed by atoms with E-state index in [0.29, 0.717) is 16.8 Å². The Morgan fingerprint density at radius 2 is 2.13 bits per heavy atom. The lowest BCUT2D eigenvalue weighted by atomic mass is 10.1. The molecule has 1 aromatic carbocycles. The van der Waals surface area contributed by atoms with Gasteiger partial charge in [0.15, 0.2) is 0 Å². The molecule has 15 heavy (non-hydrogen) atoms. The molecule has 0 atom stereocenters. The molecule has 1 heterocycles. The summed E-state index contributed by atoms with van der Waals surface area (Å²) in [7, 11) is 0. The zero-order chi connectivity index (χ0) is 10.8. The maximum absolute atomic E-state index is 13.2. The molecule has 0 amide bonds. The topological polar surface area (TPSA) is 32.9 Å². The van der Waals surface area contributed by atoms with Gasteiger partial charge in [-0.05, 0) is 30.7 Å². The van der Waals surface area contributed by atoms with Crippen molar-refractivity contribution in [3.63, 3.8) is 0 Å². The van der Waals surface area contributed by atoms with E-state index in [1.807, 2.05) is 0 Å². The molecule has 76 valence electrons. The summed E-state index contributed by atoms with van der Waals surface area (Å²) in [6.07, 6.45) is 1.66. The zero-order valence-corrected chi connectivity index (χ0v) is 8.25. The predicted octanol–water partition coefficient (Wildman–Crippen LogP) is 2.69. The van der Waals surface area contributed by atoms with Gasteiger partial charge in [0.1, 0.15) is 5.82 Å². The zero-order valence-electron chi connectivity index (χ0n) is 8.25. The normalized spacial score (nSPS) is 10.3. The van der Waals surface area contributed by atoms with Crippen LogP contribution >= 0.6 is 0 Å². The third kappa shape index (κ3) is 1.81. The largest absolute Gasteiger partial charge is 0.359 e. The van der Waals surface area contributed by atoms with Crippen LogP contribution in [0.25, 0.3) is 0 Å². The Hall–Kier alpha value is -1.90. The molecule has 2 rings (SSSR count). The van der Waals surface area contributed by atoms with Gasteiger partial charge in [-0.3, -0.25) is 4.79 Å². The first-order valence-electron chi connectivity index (χ1n) is 4.63. The first-order chi connectivity index (χ1) is 7.18. The molecule has 1 aromatic heterocycles. The summed E-state index contributed by atoms with van der Waals surface area (Å²) in [5, 5.41) is 0. The minimum Gasteiger partial charge on any atom is -0.359 e. The molecule has 0 aliphatic rings. The minimum absolute atomic E-state index is 0.195. The Labute approximate surface area is 86.8 Å². The van der Waals surface area contributed by atoms with Crippen LogP contribution < -0.4 is 0 Å². The Kier molecular flexibility index (Phi) is 2.37. The summed E-state index contributed by atoms with van der Waals surface area (Å²) >= 11 is 0. The first-order valence-corrected chi connectivity index (χ1v) is 4.63. The molecule has 0 bridgehead atoms. The number of aromatic nitrogens is 1. The number of aryl methyl sites for hydroxylation is 1. The average molecular weight is 203 g/mol. The highest BCUT2D eigenvalue weighted by Gasteiger charge is 2.10. The van der Waals surface area contributed by atoms with Gasteiger partial charge >= 0.3 is 0 Å². The van der Waals surface area contributed by atoms with Gasteiger partial charge in [-0.1, -0.05) is 12.1 Å². The van der Waals surface area contributed by atoms with Crippen molar-refractivity contribution in [2.75, 3.05) is 0 Å². The van der Waals surface area contributed by atoms with E-state index in [0.717, 1.165) is 0 Å². The Balaban J connectivity index is 2.39. The fraction of sp³-hybridized carbons (Fsp3) is 0.0833. The van der Waals surface area contributed by atoms with Crippen LogP contribution in [0.15, 0.2) is 36.5 Å². The summed E-state index contributed by atoms with van der Waals surface area (Å²) in [6, 6.07) is 7.89. The number of rotatable bonds is 2. The SMILES string of the molecule is Cc1ccc(C(=O)c2ccc[nH]2)cc1F. The van der Waals surface area contributed by atoms with E-state index in [9.17, 15) is 9.18 Å². The Morgan fingerprint density at radius 1 is 1.33 bits per heavy atom. The third-order valence-corrected chi connectivity index (χ3v) is 2.28. The van der Waals surface area contributed by atoms with Crippen molar-refractivity contribution in [3.8, 4) is 0 Å². The van der Waals surface area contributed by atoms with Crippen molar-refractivity contribution < 1.29 is 9.18 Å². The van der Waals surface area contributed by atoms with Gasteiger partial charge in [0.05, 0.1) is 5.69 Å². The molecule has 0 fully saturated rings. The van der Waals surface area contributed by atoms with Crippen molar-refractivity contribution in [1.29, 1.82) is 0 Å². The van der Waals surface area contributed by atoms with Crippen molar-refractivity contribution in [2.45, 2.75) is 6.92 Å². The molecule has 0 saturated heterocycles. The monoisotopic (exact) mass is 203 g/mol. The van der Waals surface area contributed by atoms with Crippen molar-refractivity contribution in [2.24, 2.45) is 0 Å². The summed E-state index contributed by atoms with van der Waals surface area (Å²) in [6.45, 7) is 1.66. The van der Waals surface area contributed by atoms with Crippen LogP contribution in [-0.2, 0) is 0 Å². The van der Waals surface area contributed by atoms with Crippen molar-refractivity contribution in [1.82, 2.24) is 4.98 Å². The second-order valence-electron chi connectivity index (χ2n) is 3.38. The fourth-order valence-electron chi connectivity index (χ4n) is 1.36. The van der Waals surface area contributed by atoms with Crippen LogP contribution in [0.2, 0.25) is 0 Å². The van der Waals surface area contributed by atoms with E-state index in [1.165, 1.54) is 6.07 Å². The highest BCUT2D eigenvalue weighted by atomic mass is 19.1. The fourth-order valence-corrected chi connectivity index (χ4v) is 1.36. The smallest absolute Gasteiger partial charge is 0.209 e. The standard InChI is InChI=1S/C12H10FNO/c1-8-4-5-9(7-10(8)13)12(15)11-3-2-6-14-11/h2-7,14H,1H3. The number of carbonyl (C=O) groups is 1. The summed E-state index contributed by atoms with van der Waals surface area (Å²) < 4.78 is 13.2. The molecule has 1 N–H and O–H groups in total. The summed E-state index contributed by atoms with van der Waals surface area (Å²) in [5.41, 5.74) is 1.37. The molecular formula is C12H10FNO. The van der Waals surface area contributed by atoms with Gasteiger partial charge in [0.2, 0.25) is 5.78 Å².